The third kappa shape index (κ3) is 2.07. The maximum absolute atomic E-state index is 13.3. The van der Waals surface area contributed by atoms with Crippen LogP contribution < -0.4 is 5.32 Å². The Hall–Kier alpha value is -2.56. The fourth-order valence-corrected chi connectivity index (χ4v) is 2.05. The van der Waals surface area contributed by atoms with Crippen LogP contribution in [-0.4, -0.2) is 5.91 Å². The Bertz CT molecular complexity index is 736. The van der Waals surface area contributed by atoms with Gasteiger partial charge in [0.1, 0.15) is 5.82 Å². The predicted octanol–water partition coefficient (Wildman–Crippen LogP) is 3.60. The molecule has 0 fully saturated rings. The number of rotatable bonds is 1. The molecule has 0 radical (unpaired) electrons. The van der Waals surface area contributed by atoms with Gasteiger partial charge in [-0.2, -0.15) is 0 Å². The minimum absolute atomic E-state index is 0.213. The average molecular weight is 275 g/mol. The summed E-state index contributed by atoms with van der Waals surface area (Å²) in [6, 6.07) is 7.41. The minimum Gasteiger partial charge on any atom is -0.321 e. The number of anilines is 1. The molecule has 1 aliphatic heterocycles. The number of halogens is 3. The van der Waals surface area contributed by atoms with Gasteiger partial charge in [-0.05, 0) is 29.8 Å². The van der Waals surface area contributed by atoms with Crippen LogP contribution in [-0.2, 0) is 4.79 Å². The van der Waals surface area contributed by atoms with Gasteiger partial charge in [0.25, 0.3) is 5.91 Å². The van der Waals surface area contributed by atoms with Crippen molar-refractivity contribution in [1.82, 2.24) is 0 Å². The summed E-state index contributed by atoms with van der Waals surface area (Å²) in [5.41, 5.74) is 1.32. The lowest BCUT2D eigenvalue weighted by atomic mass is 10.0. The molecule has 5 heteroatoms. The highest BCUT2D eigenvalue weighted by atomic mass is 19.2. The van der Waals surface area contributed by atoms with Crippen molar-refractivity contribution < 1.29 is 18.0 Å². The van der Waals surface area contributed by atoms with Crippen molar-refractivity contribution in [3.05, 3.63) is 65.0 Å². The first-order valence-corrected chi connectivity index (χ1v) is 5.82. The Morgan fingerprint density at radius 2 is 1.60 bits per heavy atom. The van der Waals surface area contributed by atoms with E-state index in [1.165, 1.54) is 30.3 Å². The van der Waals surface area contributed by atoms with Crippen molar-refractivity contribution in [2.75, 3.05) is 5.32 Å². The molecule has 0 bridgehead atoms. The number of carbonyl (C=O) groups excluding carboxylic acids is 1. The minimum atomic E-state index is -1.02. The predicted molar refractivity (Wildman–Crippen MR) is 69.3 cm³/mol. The van der Waals surface area contributed by atoms with Crippen LogP contribution in [0.2, 0.25) is 0 Å². The van der Waals surface area contributed by atoms with Gasteiger partial charge in [0, 0.05) is 17.2 Å². The lowest BCUT2D eigenvalue weighted by Gasteiger charge is -2.00. The zero-order valence-corrected chi connectivity index (χ0v) is 10.1. The van der Waals surface area contributed by atoms with Gasteiger partial charge in [0.15, 0.2) is 11.6 Å². The van der Waals surface area contributed by atoms with E-state index in [-0.39, 0.29) is 11.3 Å². The highest BCUT2D eigenvalue weighted by molar-refractivity contribution is 6.34. The van der Waals surface area contributed by atoms with Crippen LogP contribution in [0.25, 0.3) is 11.6 Å². The fourth-order valence-electron chi connectivity index (χ4n) is 2.05. The molecule has 0 unspecified atom stereocenters. The normalized spacial score (nSPS) is 15.3. The van der Waals surface area contributed by atoms with Crippen LogP contribution >= 0.6 is 0 Å². The van der Waals surface area contributed by atoms with E-state index in [9.17, 15) is 18.0 Å². The molecule has 0 atom stereocenters. The number of hydrogen-bond donors (Lipinski definition) is 1. The Kier molecular flexibility index (Phi) is 2.82. The van der Waals surface area contributed by atoms with Gasteiger partial charge < -0.3 is 5.32 Å². The van der Waals surface area contributed by atoms with E-state index in [1.807, 2.05) is 0 Å². The van der Waals surface area contributed by atoms with Gasteiger partial charge in [-0.1, -0.05) is 12.1 Å². The van der Waals surface area contributed by atoms with Gasteiger partial charge >= 0.3 is 0 Å². The zero-order chi connectivity index (χ0) is 14.3. The monoisotopic (exact) mass is 275 g/mol. The molecule has 0 spiro atoms. The average Bonchev–Trinajstić information content (AvgIpc) is 2.69. The molecule has 0 aromatic heterocycles. The maximum Gasteiger partial charge on any atom is 0.256 e. The van der Waals surface area contributed by atoms with E-state index in [0.29, 0.717) is 11.1 Å². The summed E-state index contributed by atoms with van der Waals surface area (Å²) in [5.74, 6) is -2.89. The Morgan fingerprint density at radius 3 is 2.30 bits per heavy atom. The number of amides is 1. The van der Waals surface area contributed by atoms with Crippen molar-refractivity contribution in [2.24, 2.45) is 0 Å². The summed E-state index contributed by atoms with van der Waals surface area (Å²) in [5, 5.41) is 2.46. The van der Waals surface area contributed by atoms with Crippen LogP contribution in [0.3, 0.4) is 0 Å². The standard InChI is InChI=1S/C15H8F3NO/c16-9-3-1-8(2-4-9)5-11-10-6-12(17)13(18)7-14(10)19-15(11)20/h1-7H,(H,19,20). The Balaban J connectivity index is 2.10. The maximum atomic E-state index is 13.3. The largest absolute Gasteiger partial charge is 0.321 e. The van der Waals surface area contributed by atoms with Crippen LogP contribution in [0.4, 0.5) is 18.9 Å². The number of benzene rings is 2. The van der Waals surface area contributed by atoms with Crippen LogP contribution in [0.5, 0.6) is 0 Å². The third-order valence-corrected chi connectivity index (χ3v) is 3.02. The topological polar surface area (TPSA) is 29.1 Å². The molecular formula is C15H8F3NO. The second kappa shape index (κ2) is 4.52. The summed E-state index contributed by atoms with van der Waals surface area (Å²) in [6.07, 6.45) is 1.50. The first kappa shape index (κ1) is 12.5. The van der Waals surface area contributed by atoms with E-state index in [4.69, 9.17) is 0 Å². The lowest BCUT2D eigenvalue weighted by molar-refractivity contribution is -0.110. The molecule has 2 nitrogen and oxygen atoms in total. The molecular weight excluding hydrogens is 267 g/mol. The smallest absolute Gasteiger partial charge is 0.256 e. The summed E-state index contributed by atoms with van der Waals surface area (Å²) < 4.78 is 39.2. The van der Waals surface area contributed by atoms with Gasteiger partial charge in [-0.25, -0.2) is 13.2 Å². The molecule has 1 N–H and O–H groups in total. The van der Waals surface area contributed by atoms with Crippen molar-refractivity contribution in [2.45, 2.75) is 0 Å². The molecule has 0 aliphatic carbocycles. The van der Waals surface area contributed by atoms with Crippen LogP contribution in [0.1, 0.15) is 11.1 Å². The lowest BCUT2D eigenvalue weighted by Crippen LogP contribution is -2.03. The number of carbonyl (C=O) groups is 1. The van der Waals surface area contributed by atoms with E-state index in [2.05, 4.69) is 5.32 Å². The number of hydrogen-bond acceptors (Lipinski definition) is 1. The summed E-state index contributed by atoms with van der Waals surface area (Å²) >= 11 is 0. The molecule has 1 aliphatic rings. The highest BCUT2D eigenvalue weighted by Crippen LogP contribution is 2.34. The Labute approximate surface area is 112 Å². The van der Waals surface area contributed by atoms with Gasteiger partial charge in [0.05, 0.1) is 5.69 Å². The molecule has 20 heavy (non-hydrogen) atoms. The molecule has 0 saturated carbocycles. The zero-order valence-electron chi connectivity index (χ0n) is 10.1. The summed E-state index contributed by atoms with van der Waals surface area (Å²) in [4.78, 5) is 11.8. The summed E-state index contributed by atoms with van der Waals surface area (Å²) in [7, 11) is 0. The summed E-state index contributed by atoms with van der Waals surface area (Å²) in [6.45, 7) is 0. The van der Waals surface area contributed by atoms with Crippen LogP contribution in [0, 0.1) is 17.5 Å². The first-order chi connectivity index (χ1) is 9.54. The van der Waals surface area contributed by atoms with Crippen molar-refractivity contribution >= 4 is 23.2 Å². The van der Waals surface area contributed by atoms with Gasteiger partial charge in [-0.3, -0.25) is 4.79 Å². The third-order valence-electron chi connectivity index (χ3n) is 3.02. The number of nitrogens with one attached hydrogen (secondary N) is 1. The molecule has 1 amide bonds. The van der Waals surface area contributed by atoms with Crippen molar-refractivity contribution in [3.8, 4) is 0 Å². The van der Waals surface area contributed by atoms with Crippen LogP contribution in [0.15, 0.2) is 36.4 Å². The van der Waals surface area contributed by atoms with Gasteiger partial charge in [-0.15, -0.1) is 0 Å². The first-order valence-electron chi connectivity index (χ1n) is 5.82. The molecule has 2 aromatic rings. The van der Waals surface area contributed by atoms with E-state index in [0.717, 1.165) is 12.1 Å². The number of fused-ring (bicyclic) bond motifs is 1. The highest BCUT2D eigenvalue weighted by Gasteiger charge is 2.26. The second-order valence-corrected chi connectivity index (χ2v) is 4.38. The Morgan fingerprint density at radius 1 is 0.950 bits per heavy atom. The molecule has 1 heterocycles. The fraction of sp³-hybridized carbons (Fsp3) is 0. The van der Waals surface area contributed by atoms with E-state index < -0.39 is 23.4 Å². The SMILES string of the molecule is O=C1Nc2cc(F)c(F)cc2C1=Cc1ccc(F)cc1. The van der Waals surface area contributed by atoms with E-state index in [1.54, 1.807) is 0 Å². The molecule has 100 valence electrons. The molecule has 2 aromatic carbocycles. The van der Waals surface area contributed by atoms with Crippen molar-refractivity contribution in [3.63, 3.8) is 0 Å². The molecule has 0 saturated heterocycles. The molecule has 3 rings (SSSR count). The van der Waals surface area contributed by atoms with E-state index >= 15 is 0 Å². The van der Waals surface area contributed by atoms with Gasteiger partial charge in [0.2, 0.25) is 0 Å². The second-order valence-electron chi connectivity index (χ2n) is 4.38. The quantitative estimate of drug-likeness (QED) is 0.792. The van der Waals surface area contributed by atoms with Crippen molar-refractivity contribution in [1.29, 1.82) is 0 Å².